The Morgan fingerprint density at radius 1 is 1.11 bits per heavy atom. The first kappa shape index (κ1) is 24.3. The first-order valence-electron chi connectivity index (χ1n) is 12.3. The van der Waals surface area contributed by atoms with Crippen LogP contribution in [0.3, 0.4) is 0 Å². The molecule has 0 saturated carbocycles. The Hall–Kier alpha value is -3.45. The number of amides is 1. The number of Topliss-reactive ketones (excluding diaryl/α,β-unsaturated/α-hetero) is 1. The number of pyridine rings is 1. The van der Waals surface area contributed by atoms with Crippen molar-refractivity contribution in [3.8, 4) is 10.4 Å². The van der Waals surface area contributed by atoms with Crippen LogP contribution in [0.4, 0.5) is 4.39 Å². The van der Waals surface area contributed by atoms with Crippen LogP contribution in [0, 0.1) is 18.7 Å². The summed E-state index contributed by atoms with van der Waals surface area (Å²) in [5.41, 5.74) is 2.54. The number of rotatable bonds is 6. The molecule has 0 unspecified atom stereocenters. The van der Waals surface area contributed by atoms with Crippen molar-refractivity contribution >= 4 is 33.9 Å². The van der Waals surface area contributed by atoms with Crippen LogP contribution in [0.2, 0.25) is 0 Å². The first-order chi connectivity index (χ1) is 17.4. The van der Waals surface area contributed by atoms with Gasteiger partial charge in [-0.05, 0) is 61.9 Å². The Morgan fingerprint density at radius 2 is 1.89 bits per heavy atom. The monoisotopic (exact) mass is 501 g/mol. The lowest BCUT2D eigenvalue weighted by molar-refractivity contribution is 0.0484. The molecule has 0 radical (unpaired) electrons. The van der Waals surface area contributed by atoms with E-state index in [1.165, 1.54) is 23.5 Å². The van der Waals surface area contributed by atoms with E-state index in [-0.39, 0.29) is 29.5 Å². The normalized spacial score (nSPS) is 17.9. The number of piperidine rings is 1. The van der Waals surface area contributed by atoms with Gasteiger partial charge in [0.1, 0.15) is 11.5 Å². The number of halogens is 1. The Balaban J connectivity index is 1.38. The van der Waals surface area contributed by atoms with Crippen molar-refractivity contribution in [3.05, 3.63) is 82.9 Å². The van der Waals surface area contributed by atoms with Gasteiger partial charge in [0, 0.05) is 36.2 Å². The third kappa shape index (κ3) is 4.80. The fourth-order valence-corrected chi connectivity index (χ4v) is 6.11. The molecule has 184 valence electrons. The van der Waals surface area contributed by atoms with Crippen LogP contribution in [0.5, 0.6) is 0 Å². The van der Waals surface area contributed by atoms with Gasteiger partial charge in [0.05, 0.1) is 15.4 Å². The van der Waals surface area contributed by atoms with E-state index in [1.54, 1.807) is 18.3 Å². The van der Waals surface area contributed by atoms with Crippen molar-refractivity contribution in [2.45, 2.75) is 45.6 Å². The fraction of sp³-hybridized carbons (Fsp3) is 0.310. The SMILES string of the molecule is Cc1nc(C(=O)N2CCC[C@@H](C)[C@H]2CCC(=O)c2cccc3cccnc23)c(-c2ccc(F)cc2)s1. The second-order valence-corrected chi connectivity index (χ2v) is 10.6. The number of aromatic nitrogens is 2. The van der Waals surface area contributed by atoms with Crippen molar-refractivity contribution in [2.24, 2.45) is 5.92 Å². The number of ketones is 1. The van der Waals surface area contributed by atoms with Gasteiger partial charge in [0.25, 0.3) is 5.91 Å². The van der Waals surface area contributed by atoms with E-state index >= 15 is 0 Å². The maximum atomic E-state index is 13.8. The van der Waals surface area contributed by atoms with Crippen LogP contribution in [-0.2, 0) is 0 Å². The van der Waals surface area contributed by atoms with E-state index in [0.717, 1.165) is 39.2 Å². The molecule has 1 aliphatic rings. The van der Waals surface area contributed by atoms with E-state index < -0.39 is 0 Å². The summed E-state index contributed by atoms with van der Waals surface area (Å²) in [5, 5.41) is 1.73. The summed E-state index contributed by atoms with van der Waals surface area (Å²) < 4.78 is 13.5. The predicted octanol–water partition coefficient (Wildman–Crippen LogP) is 6.71. The third-order valence-electron chi connectivity index (χ3n) is 7.02. The largest absolute Gasteiger partial charge is 0.334 e. The first-order valence-corrected chi connectivity index (χ1v) is 13.2. The second-order valence-electron chi connectivity index (χ2n) is 9.45. The molecular formula is C29H28FN3O2S. The average Bonchev–Trinajstić information content (AvgIpc) is 3.28. The molecule has 36 heavy (non-hydrogen) atoms. The molecule has 1 amide bonds. The van der Waals surface area contributed by atoms with E-state index in [4.69, 9.17) is 0 Å². The van der Waals surface area contributed by atoms with Gasteiger partial charge < -0.3 is 4.90 Å². The zero-order chi connectivity index (χ0) is 25.2. The smallest absolute Gasteiger partial charge is 0.274 e. The molecule has 4 aromatic rings. The van der Waals surface area contributed by atoms with Crippen molar-refractivity contribution < 1.29 is 14.0 Å². The van der Waals surface area contributed by atoms with E-state index in [0.29, 0.717) is 30.6 Å². The summed E-state index contributed by atoms with van der Waals surface area (Å²) in [5.74, 6) is -0.116. The van der Waals surface area contributed by atoms with Gasteiger partial charge in [-0.3, -0.25) is 14.6 Å². The number of benzene rings is 2. The van der Waals surface area contributed by atoms with Gasteiger partial charge >= 0.3 is 0 Å². The van der Waals surface area contributed by atoms with E-state index in [1.807, 2.05) is 42.2 Å². The highest BCUT2D eigenvalue weighted by atomic mass is 32.1. The molecule has 7 heteroatoms. The van der Waals surface area contributed by atoms with Gasteiger partial charge in [0.15, 0.2) is 5.78 Å². The molecule has 0 aliphatic carbocycles. The summed E-state index contributed by atoms with van der Waals surface area (Å²) in [6.45, 7) is 4.67. The molecule has 5 rings (SSSR count). The Labute approximate surface area is 214 Å². The van der Waals surface area contributed by atoms with Gasteiger partial charge in [-0.1, -0.05) is 37.3 Å². The fourth-order valence-electron chi connectivity index (χ4n) is 5.19. The van der Waals surface area contributed by atoms with Crippen LogP contribution in [0.15, 0.2) is 60.8 Å². The van der Waals surface area contributed by atoms with Crippen LogP contribution in [0.1, 0.15) is 58.5 Å². The molecule has 0 spiro atoms. The lowest BCUT2D eigenvalue weighted by Gasteiger charge is -2.40. The number of para-hydroxylation sites is 1. The standard InChI is InChI=1S/C29H28FN3O2S/c1-18-6-5-17-33(29(35)27-28(36-19(2)32-27)21-10-12-22(30)13-11-21)24(18)14-15-25(34)23-9-3-7-20-8-4-16-31-26(20)23/h3-4,7-13,16,18,24H,5-6,14-15,17H2,1-2H3/t18-,24-/m1/s1. The Kier molecular flexibility index (Phi) is 6.92. The molecular weight excluding hydrogens is 473 g/mol. The molecule has 1 aliphatic heterocycles. The molecule has 5 nitrogen and oxygen atoms in total. The molecule has 2 atom stereocenters. The maximum absolute atomic E-state index is 13.8. The third-order valence-corrected chi connectivity index (χ3v) is 8.04. The molecule has 3 heterocycles. The zero-order valence-corrected chi connectivity index (χ0v) is 21.2. The van der Waals surface area contributed by atoms with E-state index in [9.17, 15) is 14.0 Å². The quantitative estimate of drug-likeness (QED) is 0.276. The molecule has 0 N–H and O–H groups in total. The lowest BCUT2D eigenvalue weighted by atomic mass is 9.86. The van der Waals surface area contributed by atoms with Gasteiger partial charge in [0.2, 0.25) is 0 Å². The minimum absolute atomic E-state index is 0.0426. The molecule has 2 aromatic carbocycles. The second kappa shape index (κ2) is 10.3. The summed E-state index contributed by atoms with van der Waals surface area (Å²) in [6.07, 6.45) is 4.57. The number of thiazole rings is 1. The summed E-state index contributed by atoms with van der Waals surface area (Å²) >= 11 is 1.44. The molecule has 1 saturated heterocycles. The van der Waals surface area contributed by atoms with Gasteiger partial charge in [-0.2, -0.15) is 0 Å². The summed E-state index contributed by atoms with van der Waals surface area (Å²) in [6, 6.07) is 15.6. The van der Waals surface area contributed by atoms with E-state index in [2.05, 4.69) is 16.9 Å². The van der Waals surface area contributed by atoms with Crippen molar-refractivity contribution in [1.82, 2.24) is 14.9 Å². The van der Waals surface area contributed by atoms with Gasteiger partial charge in [-0.25, -0.2) is 9.37 Å². The number of hydrogen-bond acceptors (Lipinski definition) is 5. The van der Waals surface area contributed by atoms with Gasteiger partial charge in [-0.15, -0.1) is 11.3 Å². The van der Waals surface area contributed by atoms with Crippen LogP contribution in [0.25, 0.3) is 21.3 Å². The minimum atomic E-state index is -0.316. The molecule has 2 aromatic heterocycles. The zero-order valence-electron chi connectivity index (χ0n) is 20.4. The number of carbonyl (C=O) groups excluding carboxylic acids is 2. The Bertz CT molecular complexity index is 1410. The minimum Gasteiger partial charge on any atom is -0.334 e. The summed E-state index contributed by atoms with van der Waals surface area (Å²) in [4.78, 5) is 38.7. The Morgan fingerprint density at radius 3 is 2.69 bits per heavy atom. The highest BCUT2D eigenvalue weighted by Gasteiger charge is 2.35. The molecule has 1 fully saturated rings. The van der Waals surface area contributed by atoms with Crippen LogP contribution in [-0.4, -0.2) is 39.1 Å². The number of nitrogens with zero attached hydrogens (tertiary/aromatic N) is 3. The van der Waals surface area contributed by atoms with Crippen molar-refractivity contribution in [1.29, 1.82) is 0 Å². The highest BCUT2D eigenvalue weighted by Crippen LogP contribution is 2.34. The van der Waals surface area contributed by atoms with Crippen molar-refractivity contribution in [3.63, 3.8) is 0 Å². The van der Waals surface area contributed by atoms with Crippen LogP contribution >= 0.6 is 11.3 Å². The lowest BCUT2D eigenvalue weighted by Crippen LogP contribution is -2.48. The highest BCUT2D eigenvalue weighted by molar-refractivity contribution is 7.15. The summed E-state index contributed by atoms with van der Waals surface area (Å²) in [7, 11) is 0. The maximum Gasteiger partial charge on any atom is 0.274 e. The van der Waals surface area contributed by atoms with Crippen LogP contribution < -0.4 is 0 Å². The number of carbonyl (C=O) groups is 2. The average molecular weight is 502 g/mol. The number of likely N-dealkylation sites (tertiary alicyclic amines) is 1. The topological polar surface area (TPSA) is 63.2 Å². The molecule has 0 bridgehead atoms. The number of hydrogen-bond donors (Lipinski definition) is 0. The predicted molar refractivity (Wildman–Crippen MR) is 141 cm³/mol. The number of aryl methyl sites for hydroxylation is 1. The number of fused-ring (bicyclic) bond motifs is 1. The van der Waals surface area contributed by atoms with Crippen molar-refractivity contribution in [2.75, 3.05) is 6.54 Å².